The van der Waals surface area contributed by atoms with Gasteiger partial charge < -0.3 is 15.5 Å². The number of nitrogens with one attached hydrogen (secondary N) is 2. The molecule has 1 aliphatic heterocycles. The lowest BCUT2D eigenvalue weighted by Gasteiger charge is -2.25. The van der Waals surface area contributed by atoms with Gasteiger partial charge in [-0.25, -0.2) is 0 Å². The summed E-state index contributed by atoms with van der Waals surface area (Å²) < 4.78 is 0. The van der Waals surface area contributed by atoms with E-state index in [0.717, 1.165) is 0 Å². The maximum Gasteiger partial charge on any atom is 0.253 e. The van der Waals surface area contributed by atoms with Gasteiger partial charge in [-0.1, -0.05) is 30.3 Å². The smallest absolute Gasteiger partial charge is 0.253 e. The Hall–Kier alpha value is -2.66. The van der Waals surface area contributed by atoms with Crippen molar-refractivity contribution in [3.05, 3.63) is 65.2 Å². The van der Waals surface area contributed by atoms with E-state index in [-0.39, 0.29) is 17.9 Å². The normalized spacial score (nSPS) is 15.8. The molecule has 0 bridgehead atoms. The molecule has 3 rings (SSSR count). The predicted molar refractivity (Wildman–Crippen MR) is 103 cm³/mol. The van der Waals surface area contributed by atoms with Gasteiger partial charge in [-0.3, -0.25) is 9.59 Å². The summed E-state index contributed by atoms with van der Waals surface area (Å²) in [4.78, 5) is 26.9. The molecule has 2 aromatic rings. The van der Waals surface area contributed by atoms with Crippen LogP contribution in [0.3, 0.4) is 0 Å². The Morgan fingerprint density at radius 2 is 1.81 bits per heavy atom. The maximum absolute atomic E-state index is 12.6. The number of nitrogens with zero attached hydrogens (tertiary/aromatic N) is 1. The Morgan fingerprint density at radius 1 is 1.08 bits per heavy atom. The van der Waals surface area contributed by atoms with E-state index in [9.17, 15) is 9.59 Å². The summed E-state index contributed by atoms with van der Waals surface area (Å²) in [6.45, 7) is 5.93. The standard InChI is InChI=1S/C21H25N3O2/c1-3-24(4-2)21(26)16-10-7-11-18(12-16)23-20(25)19-13-15-8-5-6-9-17(15)14-22-19/h5-12,19,22H,3-4,13-14H2,1-2H3,(H,23,25). The summed E-state index contributed by atoms with van der Waals surface area (Å²) in [7, 11) is 0. The summed E-state index contributed by atoms with van der Waals surface area (Å²) in [6.07, 6.45) is 0.667. The van der Waals surface area contributed by atoms with Gasteiger partial charge in [0.15, 0.2) is 0 Å². The van der Waals surface area contributed by atoms with E-state index in [1.807, 2.05) is 32.0 Å². The van der Waals surface area contributed by atoms with E-state index in [0.29, 0.717) is 37.3 Å². The minimum Gasteiger partial charge on any atom is -0.339 e. The molecule has 2 aromatic carbocycles. The van der Waals surface area contributed by atoms with Gasteiger partial charge in [-0.2, -0.15) is 0 Å². The molecule has 1 heterocycles. The number of carbonyl (C=O) groups is 2. The zero-order chi connectivity index (χ0) is 18.5. The van der Waals surface area contributed by atoms with E-state index in [1.54, 1.807) is 23.1 Å². The molecule has 136 valence electrons. The van der Waals surface area contributed by atoms with Crippen LogP contribution in [0.1, 0.15) is 35.3 Å². The molecule has 0 saturated carbocycles. The van der Waals surface area contributed by atoms with Gasteiger partial charge in [0.2, 0.25) is 5.91 Å². The highest BCUT2D eigenvalue weighted by molar-refractivity contribution is 5.98. The van der Waals surface area contributed by atoms with Crippen molar-refractivity contribution in [2.75, 3.05) is 18.4 Å². The fraction of sp³-hybridized carbons (Fsp3) is 0.333. The molecule has 5 heteroatoms. The number of anilines is 1. The summed E-state index contributed by atoms with van der Waals surface area (Å²) in [5, 5.41) is 6.22. The molecule has 0 aromatic heterocycles. The highest BCUT2D eigenvalue weighted by Crippen LogP contribution is 2.18. The molecule has 0 spiro atoms. The van der Waals surface area contributed by atoms with Crippen LogP contribution in [0.15, 0.2) is 48.5 Å². The van der Waals surface area contributed by atoms with Crippen LogP contribution in [0.2, 0.25) is 0 Å². The third kappa shape index (κ3) is 3.94. The fourth-order valence-electron chi connectivity index (χ4n) is 3.29. The van der Waals surface area contributed by atoms with Crippen LogP contribution in [-0.2, 0) is 17.8 Å². The number of fused-ring (bicyclic) bond motifs is 1. The number of amides is 2. The molecule has 0 fully saturated rings. The van der Waals surface area contributed by atoms with Gasteiger partial charge >= 0.3 is 0 Å². The Kier molecular flexibility index (Phi) is 5.68. The number of rotatable bonds is 5. The molecule has 1 aliphatic rings. The molecule has 1 unspecified atom stereocenters. The van der Waals surface area contributed by atoms with Gasteiger partial charge in [-0.15, -0.1) is 0 Å². The average molecular weight is 351 g/mol. The van der Waals surface area contributed by atoms with Gasteiger partial charge in [0.05, 0.1) is 6.04 Å². The molecule has 0 saturated heterocycles. The summed E-state index contributed by atoms with van der Waals surface area (Å²) in [6, 6.07) is 15.0. The highest BCUT2D eigenvalue weighted by atomic mass is 16.2. The largest absolute Gasteiger partial charge is 0.339 e. The van der Waals surface area contributed by atoms with E-state index in [4.69, 9.17) is 0 Å². The molecule has 0 aliphatic carbocycles. The topological polar surface area (TPSA) is 61.4 Å². The predicted octanol–water partition coefficient (Wildman–Crippen LogP) is 2.82. The Balaban J connectivity index is 1.69. The van der Waals surface area contributed by atoms with Gasteiger partial charge in [0, 0.05) is 30.9 Å². The van der Waals surface area contributed by atoms with Gasteiger partial charge in [0.25, 0.3) is 5.91 Å². The summed E-state index contributed by atoms with van der Waals surface area (Å²) in [5.74, 6) is -0.0947. The minimum atomic E-state index is -0.271. The van der Waals surface area contributed by atoms with Crippen LogP contribution < -0.4 is 10.6 Å². The molecule has 2 amide bonds. The fourth-order valence-corrected chi connectivity index (χ4v) is 3.29. The minimum absolute atomic E-state index is 0.0178. The number of carbonyl (C=O) groups excluding carboxylic acids is 2. The van der Waals surface area contributed by atoms with E-state index in [1.165, 1.54) is 11.1 Å². The van der Waals surface area contributed by atoms with Crippen LogP contribution in [0.25, 0.3) is 0 Å². The maximum atomic E-state index is 12.6. The summed E-state index contributed by atoms with van der Waals surface area (Å²) in [5.41, 5.74) is 3.68. The Labute approximate surface area is 154 Å². The zero-order valence-corrected chi connectivity index (χ0v) is 15.3. The first-order valence-corrected chi connectivity index (χ1v) is 9.12. The van der Waals surface area contributed by atoms with Crippen LogP contribution in [0.4, 0.5) is 5.69 Å². The third-order valence-electron chi connectivity index (χ3n) is 4.83. The first-order chi connectivity index (χ1) is 12.6. The Bertz CT molecular complexity index is 799. The molecule has 26 heavy (non-hydrogen) atoms. The SMILES string of the molecule is CCN(CC)C(=O)c1cccc(NC(=O)C2Cc3ccccc3CN2)c1. The van der Waals surface area contributed by atoms with Gasteiger partial charge in [-0.05, 0) is 49.6 Å². The van der Waals surface area contributed by atoms with Crippen molar-refractivity contribution in [2.24, 2.45) is 0 Å². The first kappa shape index (κ1) is 18.1. The van der Waals surface area contributed by atoms with Crippen LogP contribution in [-0.4, -0.2) is 35.8 Å². The zero-order valence-electron chi connectivity index (χ0n) is 15.3. The van der Waals surface area contributed by atoms with Gasteiger partial charge in [0.1, 0.15) is 0 Å². The molecule has 1 atom stereocenters. The molecule has 5 nitrogen and oxygen atoms in total. The molecule has 0 radical (unpaired) electrons. The van der Waals surface area contributed by atoms with Crippen LogP contribution in [0.5, 0.6) is 0 Å². The lowest BCUT2D eigenvalue weighted by atomic mass is 9.95. The molecule has 2 N–H and O–H groups in total. The van der Waals surface area contributed by atoms with Crippen molar-refractivity contribution >= 4 is 17.5 Å². The van der Waals surface area contributed by atoms with E-state index in [2.05, 4.69) is 22.8 Å². The quantitative estimate of drug-likeness (QED) is 0.871. The lowest BCUT2D eigenvalue weighted by molar-refractivity contribution is -0.118. The second-order valence-corrected chi connectivity index (χ2v) is 6.45. The lowest BCUT2D eigenvalue weighted by Crippen LogP contribution is -2.44. The van der Waals surface area contributed by atoms with Crippen molar-refractivity contribution in [3.8, 4) is 0 Å². The third-order valence-corrected chi connectivity index (χ3v) is 4.83. The van der Waals surface area contributed by atoms with Crippen LogP contribution in [0, 0.1) is 0 Å². The number of hydrogen-bond acceptors (Lipinski definition) is 3. The second-order valence-electron chi connectivity index (χ2n) is 6.45. The highest BCUT2D eigenvalue weighted by Gasteiger charge is 2.24. The molecular weight excluding hydrogens is 326 g/mol. The van der Waals surface area contributed by atoms with Crippen molar-refractivity contribution in [1.29, 1.82) is 0 Å². The first-order valence-electron chi connectivity index (χ1n) is 9.12. The Morgan fingerprint density at radius 3 is 2.54 bits per heavy atom. The van der Waals surface area contributed by atoms with E-state index >= 15 is 0 Å². The number of hydrogen-bond donors (Lipinski definition) is 2. The van der Waals surface area contributed by atoms with Crippen molar-refractivity contribution < 1.29 is 9.59 Å². The van der Waals surface area contributed by atoms with Crippen LogP contribution >= 0.6 is 0 Å². The number of benzene rings is 2. The second kappa shape index (κ2) is 8.15. The van der Waals surface area contributed by atoms with Crippen molar-refractivity contribution in [3.63, 3.8) is 0 Å². The average Bonchev–Trinajstić information content (AvgIpc) is 2.68. The van der Waals surface area contributed by atoms with Crippen molar-refractivity contribution in [1.82, 2.24) is 10.2 Å². The van der Waals surface area contributed by atoms with E-state index < -0.39 is 0 Å². The monoisotopic (exact) mass is 351 g/mol. The van der Waals surface area contributed by atoms with Crippen molar-refractivity contribution in [2.45, 2.75) is 32.9 Å². The molecular formula is C21H25N3O2. The summed E-state index contributed by atoms with van der Waals surface area (Å²) >= 11 is 0.